The first-order valence-electron chi connectivity index (χ1n) is 3.88. The van der Waals surface area contributed by atoms with Crippen LogP contribution in [-0.2, 0) is 10.2 Å². The van der Waals surface area contributed by atoms with Gasteiger partial charge in [-0.05, 0) is 24.8 Å². The molecule has 0 fully saturated rings. The van der Waals surface area contributed by atoms with Crippen molar-refractivity contribution in [2.24, 2.45) is 0 Å². The average molecular weight is 184 g/mol. The van der Waals surface area contributed by atoms with Crippen molar-refractivity contribution < 1.29 is 9.90 Å². The summed E-state index contributed by atoms with van der Waals surface area (Å²) in [5.41, 5.74) is -0.700. The quantitative estimate of drug-likeness (QED) is 0.783. The molecule has 0 saturated carbocycles. The first kappa shape index (κ1) is 9.26. The number of rotatable bonds is 3. The van der Waals surface area contributed by atoms with Gasteiger partial charge in [0.25, 0.3) is 0 Å². The van der Waals surface area contributed by atoms with Gasteiger partial charge >= 0.3 is 5.97 Å². The van der Waals surface area contributed by atoms with E-state index in [-0.39, 0.29) is 0 Å². The van der Waals surface area contributed by atoms with Crippen LogP contribution in [0.2, 0.25) is 0 Å². The summed E-state index contributed by atoms with van der Waals surface area (Å²) >= 11 is 1.50. The van der Waals surface area contributed by atoms with E-state index in [0.29, 0.717) is 6.42 Å². The van der Waals surface area contributed by atoms with Gasteiger partial charge in [0, 0.05) is 4.88 Å². The molecule has 0 radical (unpaired) electrons. The summed E-state index contributed by atoms with van der Waals surface area (Å²) in [6.45, 7) is 3.66. The Hall–Kier alpha value is -0.830. The zero-order chi connectivity index (χ0) is 9.19. The second-order valence-corrected chi connectivity index (χ2v) is 3.92. The van der Waals surface area contributed by atoms with Crippen molar-refractivity contribution in [2.75, 3.05) is 0 Å². The SMILES string of the molecule is CCC(C)(C(=O)O)c1cccs1. The van der Waals surface area contributed by atoms with Crippen molar-refractivity contribution in [1.82, 2.24) is 0 Å². The molecular formula is C9H12O2S. The van der Waals surface area contributed by atoms with E-state index < -0.39 is 11.4 Å². The van der Waals surface area contributed by atoms with E-state index in [1.807, 2.05) is 24.4 Å². The number of carbonyl (C=O) groups is 1. The van der Waals surface area contributed by atoms with Gasteiger partial charge in [-0.3, -0.25) is 4.79 Å². The summed E-state index contributed by atoms with van der Waals surface area (Å²) in [6.07, 6.45) is 0.628. The number of hydrogen-bond donors (Lipinski definition) is 1. The van der Waals surface area contributed by atoms with Crippen LogP contribution in [0.1, 0.15) is 25.1 Å². The van der Waals surface area contributed by atoms with Crippen molar-refractivity contribution in [3.05, 3.63) is 22.4 Å². The van der Waals surface area contributed by atoms with E-state index in [0.717, 1.165) is 4.88 Å². The third kappa shape index (κ3) is 1.37. The van der Waals surface area contributed by atoms with Gasteiger partial charge in [-0.15, -0.1) is 11.3 Å². The third-order valence-electron chi connectivity index (χ3n) is 2.24. The van der Waals surface area contributed by atoms with Crippen LogP contribution in [0, 0.1) is 0 Å². The lowest BCUT2D eigenvalue weighted by molar-refractivity contribution is -0.143. The monoisotopic (exact) mass is 184 g/mol. The molecular weight excluding hydrogens is 172 g/mol. The zero-order valence-corrected chi connectivity index (χ0v) is 8.02. The summed E-state index contributed by atoms with van der Waals surface area (Å²) in [5, 5.41) is 10.9. The Morgan fingerprint density at radius 1 is 1.75 bits per heavy atom. The zero-order valence-electron chi connectivity index (χ0n) is 7.20. The van der Waals surface area contributed by atoms with E-state index in [1.165, 1.54) is 11.3 Å². The van der Waals surface area contributed by atoms with Gasteiger partial charge in [0.1, 0.15) is 0 Å². The molecule has 0 spiro atoms. The van der Waals surface area contributed by atoms with Crippen molar-refractivity contribution in [3.8, 4) is 0 Å². The molecule has 1 heterocycles. The van der Waals surface area contributed by atoms with Gasteiger partial charge in [0.05, 0.1) is 5.41 Å². The van der Waals surface area contributed by atoms with Crippen molar-refractivity contribution in [3.63, 3.8) is 0 Å². The molecule has 1 unspecified atom stereocenters. The highest BCUT2D eigenvalue weighted by Gasteiger charge is 2.33. The highest BCUT2D eigenvalue weighted by molar-refractivity contribution is 7.10. The molecule has 12 heavy (non-hydrogen) atoms. The van der Waals surface area contributed by atoms with Gasteiger partial charge in [-0.1, -0.05) is 13.0 Å². The Labute approximate surface area is 75.9 Å². The van der Waals surface area contributed by atoms with Gasteiger partial charge in [0.2, 0.25) is 0 Å². The lowest BCUT2D eigenvalue weighted by Crippen LogP contribution is -2.30. The van der Waals surface area contributed by atoms with E-state index in [2.05, 4.69) is 0 Å². The molecule has 3 heteroatoms. The fourth-order valence-electron chi connectivity index (χ4n) is 1.02. The van der Waals surface area contributed by atoms with Crippen molar-refractivity contribution in [2.45, 2.75) is 25.7 Å². The Bertz CT molecular complexity index is 266. The molecule has 66 valence electrons. The van der Waals surface area contributed by atoms with Gasteiger partial charge < -0.3 is 5.11 Å². The lowest BCUT2D eigenvalue weighted by atomic mass is 9.86. The molecule has 1 rings (SSSR count). The summed E-state index contributed by atoms with van der Waals surface area (Å²) < 4.78 is 0. The Balaban J connectivity index is 3.04. The molecule has 0 aliphatic carbocycles. The summed E-state index contributed by atoms with van der Waals surface area (Å²) in [6, 6.07) is 3.76. The lowest BCUT2D eigenvalue weighted by Gasteiger charge is -2.20. The van der Waals surface area contributed by atoms with E-state index in [1.54, 1.807) is 6.92 Å². The maximum absolute atomic E-state index is 11.0. The Kier molecular flexibility index (Phi) is 2.52. The minimum atomic E-state index is -0.743. The predicted molar refractivity (Wildman–Crippen MR) is 49.6 cm³/mol. The Morgan fingerprint density at radius 2 is 2.42 bits per heavy atom. The van der Waals surface area contributed by atoms with Gasteiger partial charge in [-0.2, -0.15) is 0 Å². The highest BCUT2D eigenvalue weighted by atomic mass is 32.1. The number of carboxylic acid groups (broad SMARTS) is 1. The molecule has 2 nitrogen and oxygen atoms in total. The number of hydrogen-bond acceptors (Lipinski definition) is 2. The number of thiophene rings is 1. The van der Waals surface area contributed by atoms with E-state index >= 15 is 0 Å². The van der Waals surface area contributed by atoms with Gasteiger partial charge in [0.15, 0.2) is 0 Å². The molecule has 0 amide bonds. The first-order chi connectivity index (χ1) is 5.61. The second kappa shape index (κ2) is 3.27. The van der Waals surface area contributed by atoms with Crippen LogP contribution < -0.4 is 0 Å². The van der Waals surface area contributed by atoms with Crippen LogP contribution in [0.15, 0.2) is 17.5 Å². The fourth-order valence-corrected chi connectivity index (χ4v) is 1.98. The molecule has 0 aromatic carbocycles. The van der Waals surface area contributed by atoms with E-state index in [4.69, 9.17) is 5.11 Å². The number of carboxylic acids is 1. The predicted octanol–water partition coefficient (Wildman–Crippen LogP) is 2.50. The van der Waals surface area contributed by atoms with Crippen LogP contribution in [-0.4, -0.2) is 11.1 Å². The first-order valence-corrected chi connectivity index (χ1v) is 4.76. The molecule has 0 bridgehead atoms. The normalized spacial score (nSPS) is 15.5. The topological polar surface area (TPSA) is 37.3 Å². The van der Waals surface area contributed by atoms with Crippen molar-refractivity contribution in [1.29, 1.82) is 0 Å². The standard InChI is InChI=1S/C9H12O2S/c1-3-9(2,8(10)11)7-5-4-6-12-7/h4-6H,3H2,1-2H3,(H,10,11). The van der Waals surface area contributed by atoms with Crippen LogP contribution in [0.5, 0.6) is 0 Å². The number of aliphatic carboxylic acids is 1. The van der Waals surface area contributed by atoms with Crippen molar-refractivity contribution >= 4 is 17.3 Å². The van der Waals surface area contributed by atoms with E-state index in [9.17, 15) is 4.79 Å². The molecule has 1 aromatic heterocycles. The molecule has 1 aromatic rings. The molecule has 0 aliphatic rings. The fraction of sp³-hybridized carbons (Fsp3) is 0.444. The maximum Gasteiger partial charge on any atom is 0.314 e. The van der Waals surface area contributed by atoms with Crippen LogP contribution in [0.3, 0.4) is 0 Å². The van der Waals surface area contributed by atoms with Crippen LogP contribution in [0.4, 0.5) is 0 Å². The molecule has 1 N–H and O–H groups in total. The summed E-state index contributed by atoms with van der Waals surface area (Å²) in [7, 11) is 0. The summed E-state index contributed by atoms with van der Waals surface area (Å²) in [4.78, 5) is 11.9. The molecule has 0 aliphatic heterocycles. The van der Waals surface area contributed by atoms with Gasteiger partial charge in [-0.25, -0.2) is 0 Å². The third-order valence-corrected chi connectivity index (χ3v) is 3.38. The maximum atomic E-state index is 11.0. The average Bonchev–Trinajstić information content (AvgIpc) is 2.54. The molecule has 0 saturated heterocycles. The Morgan fingerprint density at radius 3 is 2.75 bits per heavy atom. The highest BCUT2D eigenvalue weighted by Crippen LogP contribution is 2.31. The smallest absolute Gasteiger partial charge is 0.314 e. The minimum Gasteiger partial charge on any atom is -0.481 e. The summed E-state index contributed by atoms with van der Waals surface area (Å²) in [5.74, 6) is -0.743. The van der Waals surface area contributed by atoms with Crippen LogP contribution >= 0.6 is 11.3 Å². The second-order valence-electron chi connectivity index (χ2n) is 2.97. The molecule has 1 atom stereocenters. The van der Waals surface area contributed by atoms with Crippen LogP contribution in [0.25, 0.3) is 0 Å². The largest absolute Gasteiger partial charge is 0.481 e. The minimum absolute atomic E-state index is 0.628.